The van der Waals surface area contributed by atoms with Crippen molar-refractivity contribution in [1.82, 2.24) is 10.6 Å². The standard InChI is InChI=1S/C24H40N2O9/c1-24(2,3)35-23(29)26-10-12-31-13-15-32-18-21(27)25-9-11-30-14-16-33-19-22(28)34-17-20-7-5-4-6-8-20/h4-8,21,25,27H,9-19H2,1-3H3,(H,26,29). The van der Waals surface area contributed by atoms with Crippen molar-refractivity contribution in [2.75, 3.05) is 65.9 Å². The fourth-order valence-electron chi connectivity index (χ4n) is 2.47. The zero-order chi connectivity index (χ0) is 25.8. The number of benzene rings is 1. The summed E-state index contributed by atoms with van der Waals surface area (Å²) in [5.41, 5.74) is 0.386. The molecule has 1 aromatic rings. The fraction of sp³-hybridized carbons (Fsp3) is 0.667. The predicted octanol–water partition coefficient (Wildman–Crippen LogP) is 1.23. The molecule has 0 bridgehead atoms. The van der Waals surface area contributed by atoms with E-state index in [-0.39, 0.29) is 26.4 Å². The van der Waals surface area contributed by atoms with Crippen molar-refractivity contribution < 1.29 is 43.1 Å². The number of carbonyl (C=O) groups excluding carboxylic acids is 2. The lowest BCUT2D eigenvalue weighted by Crippen LogP contribution is -2.36. The van der Waals surface area contributed by atoms with Gasteiger partial charge in [0, 0.05) is 13.1 Å². The summed E-state index contributed by atoms with van der Waals surface area (Å²) in [7, 11) is 0. The second-order valence-electron chi connectivity index (χ2n) is 8.40. The molecule has 0 heterocycles. The van der Waals surface area contributed by atoms with E-state index in [1.807, 2.05) is 30.3 Å². The first-order valence-corrected chi connectivity index (χ1v) is 11.6. The number of carbonyl (C=O) groups is 2. The van der Waals surface area contributed by atoms with Crippen molar-refractivity contribution in [3.63, 3.8) is 0 Å². The highest BCUT2D eigenvalue weighted by Crippen LogP contribution is 2.06. The minimum absolute atomic E-state index is 0.105. The maximum atomic E-state index is 11.6. The van der Waals surface area contributed by atoms with E-state index < -0.39 is 23.9 Å². The zero-order valence-electron chi connectivity index (χ0n) is 21.0. The first-order chi connectivity index (χ1) is 16.8. The number of rotatable bonds is 19. The van der Waals surface area contributed by atoms with E-state index in [4.69, 9.17) is 28.4 Å². The Hall–Kier alpha value is -2.28. The van der Waals surface area contributed by atoms with E-state index in [2.05, 4.69) is 10.6 Å². The molecule has 1 rings (SSSR count). The molecule has 0 aromatic heterocycles. The van der Waals surface area contributed by atoms with E-state index in [0.717, 1.165) is 5.56 Å². The highest BCUT2D eigenvalue weighted by Gasteiger charge is 2.15. The van der Waals surface area contributed by atoms with Crippen LogP contribution < -0.4 is 10.6 Å². The first-order valence-electron chi connectivity index (χ1n) is 11.6. The van der Waals surface area contributed by atoms with Gasteiger partial charge in [-0.25, -0.2) is 9.59 Å². The smallest absolute Gasteiger partial charge is 0.407 e. The second kappa shape index (κ2) is 19.0. The minimum atomic E-state index is -0.830. The third-order valence-electron chi connectivity index (χ3n) is 4.02. The summed E-state index contributed by atoms with van der Waals surface area (Å²) in [6.07, 6.45) is -1.31. The molecule has 0 aliphatic carbocycles. The van der Waals surface area contributed by atoms with Crippen molar-refractivity contribution in [2.24, 2.45) is 0 Å². The van der Waals surface area contributed by atoms with Crippen LogP contribution in [0, 0.1) is 0 Å². The Balaban J connectivity index is 1.83. The van der Waals surface area contributed by atoms with Gasteiger partial charge in [0.1, 0.15) is 25.0 Å². The van der Waals surface area contributed by atoms with Gasteiger partial charge < -0.3 is 38.8 Å². The molecule has 1 unspecified atom stereocenters. The lowest BCUT2D eigenvalue weighted by molar-refractivity contribution is -0.150. The SMILES string of the molecule is CC(C)(C)OC(=O)NCCOCCOCC(O)NCCOCCOCC(=O)OCc1ccccc1. The molecule has 35 heavy (non-hydrogen) atoms. The van der Waals surface area contributed by atoms with Gasteiger partial charge in [-0.15, -0.1) is 0 Å². The molecule has 11 heteroatoms. The van der Waals surface area contributed by atoms with Gasteiger partial charge in [-0.2, -0.15) is 0 Å². The van der Waals surface area contributed by atoms with Gasteiger partial charge in [-0.05, 0) is 26.3 Å². The average Bonchev–Trinajstić information content (AvgIpc) is 2.80. The maximum absolute atomic E-state index is 11.6. The van der Waals surface area contributed by atoms with E-state index in [9.17, 15) is 14.7 Å². The van der Waals surface area contributed by atoms with Gasteiger partial charge in [-0.1, -0.05) is 30.3 Å². The van der Waals surface area contributed by atoms with E-state index in [1.165, 1.54) is 0 Å². The molecule has 1 amide bonds. The van der Waals surface area contributed by atoms with Crippen LogP contribution in [-0.2, 0) is 39.8 Å². The van der Waals surface area contributed by atoms with Gasteiger partial charge in [0.05, 0.1) is 46.2 Å². The van der Waals surface area contributed by atoms with Gasteiger partial charge in [-0.3, -0.25) is 5.32 Å². The van der Waals surface area contributed by atoms with Crippen molar-refractivity contribution in [3.05, 3.63) is 35.9 Å². The minimum Gasteiger partial charge on any atom is -0.459 e. The van der Waals surface area contributed by atoms with E-state index in [0.29, 0.717) is 46.1 Å². The Labute approximate surface area is 207 Å². The summed E-state index contributed by atoms with van der Waals surface area (Å²) in [5, 5.41) is 15.3. The molecule has 0 radical (unpaired) electrons. The zero-order valence-corrected chi connectivity index (χ0v) is 21.0. The van der Waals surface area contributed by atoms with Crippen LogP contribution in [0.25, 0.3) is 0 Å². The Kier molecular flexibility index (Phi) is 16.7. The topological polar surface area (TPSA) is 134 Å². The summed E-state index contributed by atoms with van der Waals surface area (Å²) in [6, 6.07) is 9.42. The van der Waals surface area contributed by atoms with E-state index >= 15 is 0 Å². The number of hydrogen-bond donors (Lipinski definition) is 3. The van der Waals surface area contributed by atoms with Crippen LogP contribution in [0.4, 0.5) is 4.79 Å². The molecule has 1 atom stereocenters. The van der Waals surface area contributed by atoms with Crippen LogP contribution >= 0.6 is 0 Å². The van der Waals surface area contributed by atoms with Gasteiger partial charge >= 0.3 is 12.1 Å². The number of ether oxygens (including phenoxy) is 6. The van der Waals surface area contributed by atoms with Gasteiger partial charge in [0.25, 0.3) is 0 Å². The molecule has 0 fully saturated rings. The number of nitrogens with one attached hydrogen (secondary N) is 2. The van der Waals surface area contributed by atoms with Crippen molar-refractivity contribution in [3.8, 4) is 0 Å². The molecule has 11 nitrogen and oxygen atoms in total. The third-order valence-corrected chi connectivity index (χ3v) is 4.02. The van der Waals surface area contributed by atoms with Crippen LogP contribution in [0.2, 0.25) is 0 Å². The van der Waals surface area contributed by atoms with Crippen LogP contribution in [0.5, 0.6) is 0 Å². The molecular weight excluding hydrogens is 460 g/mol. The van der Waals surface area contributed by atoms with Crippen LogP contribution in [0.3, 0.4) is 0 Å². The molecule has 0 aliphatic heterocycles. The third kappa shape index (κ3) is 19.7. The van der Waals surface area contributed by atoms with E-state index in [1.54, 1.807) is 20.8 Å². The Morgan fingerprint density at radius 2 is 1.51 bits per heavy atom. The average molecular weight is 501 g/mol. The number of aliphatic hydroxyl groups is 1. The quantitative estimate of drug-likeness (QED) is 0.145. The Morgan fingerprint density at radius 3 is 2.20 bits per heavy atom. The lowest BCUT2D eigenvalue weighted by atomic mass is 10.2. The monoisotopic (exact) mass is 500 g/mol. The number of amides is 1. The van der Waals surface area contributed by atoms with Crippen molar-refractivity contribution >= 4 is 12.1 Å². The largest absolute Gasteiger partial charge is 0.459 e. The predicted molar refractivity (Wildman–Crippen MR) is 128 cm³/mol. The summed E-state index contributed by atoms with van der Waals surface area (Å²) < 4.78 is 31.4. The normalized spacial score (nSPS) is 12.2. The molecule has 0 spiro atoms. The van der Waals surface area contributed by atoms with Gasteiger partial charge in [0.15, 0.2) is 0 Å². The summed E-state index contributed by atoms with van der Waals surface area (Å²) >= 11 is 0. The number of esters is 1. The summed E-state index contributed by atoms with van der Waals surface area (Å²) in [6.45, 7) is 8.28. The Bertz CT molecular complexity index is 683. The van der Waals surface area contributed by atoms with Crippen molar-refractivity contribution in [2.45, 2.75) is 39.2 Å². The number of hydrogen-bond acceptors (Lipinski definition) is 10. The number of aliphatic hydroxyl groups excluding tert-OH is 1. The maximum Gasteiger partial charge on any atom is 0.407 e. The molecule has 0 saturated heterocycles. The second-order valence-corrected chi connectivity index (χ2v) is 8.40. The molecule has 3 N–H and O–H groups in total. The first kappa shape index (κ1) is 30.8. The van der Waals surface area contributed by atoms with Crippen LogP contribution in [0.15, 0.2) is 30.3 Å². The highest BCUT2D eigenvalue weighted by molar-refractivity contribution is 5.70. The fourth-order valence-corrected chi connectivity index (χ4v) is 2.47. The van der Waals surface area contributed by atoms with Crippen LogP contribution in [-0.4, -0.2) is 94.9 Å². The molecule has 200 valence electrons. The number of alkyl carbamates (subject to hydrolysis) is 1. The molecule has 0 saturated carbocycles. The Morgan fingerprint density at radius 1 is 0.886 bits per heavy atom. The summed E-state index contributed by atoms with van der Waals surface area (Å²) in [4.78, 5) is 23.1. The van der Waals surface area contributed by atoms with Crippen molar-refractivity contribution in [1.29, 1.82) is 0 Å². The lowest BCUT2D eigenvalue weighted by Gasteiger charge is -2.19. The highest BCUT2D eigenvalue weighted by atomic mass is 16.6. The molecular formula is C24H40N2O9. The van der Waals surface area contributed by atoms with Gasteiger partial charge in [0.2, 0.25) is 0 Å². The molecule has 0 aliphatic rings. The van der Waals surface area contributed by atoms with Crippen LogP contribution in [0.1, 0.15) is 26.3 Å². The summed E-state index contributed by atoms with van der Waals surface area (Å²) in [5.74, 6) is -0.429. The molecule has 1 aromatic carbocycles.